The molecule has 2 aromatic rings. The quantitative estimate of drug-likeness (QED) is 0.581. The van der Waals surface area contributed by atoms with Crippen molar-refractivity contribution in [3.05, 3.63) is 70.8 Å². The lowest BCUT2D eigenvalue weighted by molar-refractivity contribution is 0.506. The Balaban J connectivity index is 0.000000220. The van der Waals surface area contributed by atoms with E-state index in [4.69, 9.17) is 0 Å². The van der Waals surface area contributed by atoms with E-state index in [1.807, 2.05) is 27.7 Å². The fourth-order valence-electron chi connectivity index (χ4n) is 1.83. The standard InChI is InChI=1S/2C9H10F2/c1-6(2)8-5-7(10)3-4-9(8)11;1-6(2)7-3-4-8(10)9(11)5-7/h2*3-6H,1-2H3. The first kappa shape index (κ1) is 18.2. The molecule has 0 aromatic heterocycles. The van der Waals surface area contributed by atoms with E-state index < -0.39 is 11.6 Å². The van der Waals surface area contributed by atoms with Crippen LogP contribution in [0.4, 0.5) is 17.6 Å². The third-order valence-electron chi connectivity index (χ3n) is 3.19. The molecule has 0 aliphatic heterocycles. The minimum atomic E-state index is -0.783. The van der Waals surface area contributed by atoms with Crippen LogP contribution in [0.15, 0.2) is 36.4 Å². The third-order valence-corrected chi connectivity index (χ3v) is 3.19. The Bertz CT molecular complexity index is 618. The number of rotatable bonds is 2. The van der Waals surface area contributed by atoms with Gasteiger partial charge in [-0.25, -0.2) is 17.6 Å². The van der Waals surface area contributed by atoms with Crippen molar-refractivity contribution in [2.24, 2.45) is 0 Å². The third kappa shape index (κ3) is 5.17. The molecule has 0 heterocycles. The van der Waals surface area contributed by atoms with Crippen molar-refractivity contribution >= 4 is 0 Å². The molecule has 0 amide bonds. The number of halogens is 4. The van der Waals surface area contributed by atoms with Gasteiger partial charge in [0.15, 0.2) is 11.6 Å². The van der Waals surface area contributed by atoms with E-state index in [2.05, 4.69) is 0 Å². The van der Waals surface area contributed by atoms with Crippen LogP contribution in [-0.2, 0) is 0 Å². The molecule has 0 saturated heterocycles. The lowest BCUT2D eigenvalue weighted by Crippen LogP contribution is -1.93. The molecule has 2 aromatic carbocycles. The summed E-state index contributed by atoms with van der Waals surface area (Å²) in [7, 11) is 0. The first-order chi connectivity index (χ1) is 10.2. The van der Waals surface area contributed by atoms with Gasteiger partial charge in [0, 0.05) is 0 Å². The number of benzene rings is 2. The van der Waals surface area contributed by atoms with Gasteiger partial charge in [-0.1, -0.05) is 33.8 Å². The van der Waals surface area contributed by atoms with Gasteiger partial charge in [0.1, 0.15) is 11.6 Å². The van der Waals surface area contributed by atoms with Gasteiger partial charge in [-0.15, -0.1) is 0 Å². The van der Waals surface area contributed by atoms with Crippen LogP contribution in [-0.4, -0.2) is 0 Å². The summed E-state index contributed by atoms with van der Waals surface area (Å²) in [6.07, 6.45) is 0. The second-order valence-corrected chi connectivity index (χ2v) is 5.65. The molecule has 120 valence electrons. The summed E-state index contributed by atoms with van der Waals surface area (Å²) in [4.78, 5) is 0. The van der Waals surface area contributed by atoms with Crippen LogP contribution in [0, 0.1) is 23.3 Å². The van der Waals surface area contributed by atoms with Gasteiger partial charge in [0.25, 0.3) is 0 Å². The summed E-state index contributed by atoms with van der Waals surface area (Å²) in [6.45, 7) is 7.54. The molecule has 0 aliphatic rings. The van der Waals surface area contributed by atoms with Crippen molar-refractivity contribution in [2.75, 3.05) is 0 Å². The number of hydrogen-bond donors (Lipinski definition) is 0. The predicted molar refractivity (Wildman–Crippen MR) is 80.9 cm³/mol. The molecule has 0 bridgehead atoms. The highest BCUT2D eigenvalue weighted by Crippen LogP contribution is 2.19. The fourth-order valence-corrected chi connectivity index (χ4v) is 1.83. The molecule has 22 heavy (non-hydrogen) atoms. The van der Waals surface area contributed by atoms with Crippen molar-refractivity contribution < 1.29 is 17.6 Å². The zero-order valence-electron chi connectivity index (χ0n) is 13.1. The highest BCUT2D eigenvalue weighted by Gasteiger charge is 2.06. The Hall–Kier alpha value is -1.84. The Kier molecular flexibility index (Phi) is 6.60. The molecule has 0 aliphatic carbocycles. The predicted octanol–water partition coefficient (Wildman–Crippen LogP) is 6.18. The van der Waals surface area contributed by atoms with E-state index in [-0.39, 0.29) is 23.5 Å². The molecule has 0 radical (unpaired) electrons. The van der Waals surface area contributed by atoms with E-state index in [0.29, 0.717) is 5.56 Å². The largest absolute Gasteiger partial charge is 0.207 e. The van der Waals surface area contributed by atoms with Crippen molar-refractivity contribution in [1.29, 1.82) is 0 Å². The van der Waals surface area contributed by atoms with E-state index in [9.17, 15) is 17.6 Å². The second-order valence-electron chi connectivity index (χ2n) is 5.65. The molecular weight excluding hydrogens is 292 g/mol. The van der Waals surface area contributed by atoms with Crippen molar-refractivity contribution in [3.8, 4) is 0 Å². The highest BCUT2D eigenvalue weighted by atomic mass is 19.2. The summed E-state index contributed by atoms with van der Waals surface area (Å²) >= 11 is 0. The minimum absolute atomic E-state index is 0.0331. The van der Waals surface area contributed by atoms with Gasteiger partial charge in [-0.2, -0.15) is 0 Å². The van der Waals surface area contributed by atoms with Crippen LogP contribution in [0.5, 0.6) is 0 Å². The van der Waals surface area contributed by atoms with Crippen molar-refractivity contribution in [2.45, 2.75) is 39.5 Å². The molecule has 0 saturated carbocycles. The summed E-state index contributed by atoms with van der Waals surface area (Å²) in [5.41, 5.74) is 1.26. The Morgan fingerprint density at radius 2 is 1.23 bits per heavy atom. The van der Waals surface area contributed by atoms with Crippen molar-refractivity contribution in [3.63, 3.8) is 0 Å². The van der Waals surface area contributed by atoms with Crippen LogP contribution in [0.1, 0.15) is 50.7 Å². The monoisotopic (exact) mass is 312 g/mol. The normalized spacial score (nSPS) is 10.6. The maximum atomic E-state index is 12.9. The van der Waals surface area contributed by atoms with E-state index in [1.165, 1.54) is 12.1 Å². The molecular formula is C18H20F4. The second kappa shape index (κ2) is 7.97. The Labute approximate surface area is 128 Å². The number of hydrogen-bond acceptors (Lipinski definition) is 0. The fraction of sp³-hybridized carbons (Fsp3) is 0.333. The van der Waals surface area contributed by atoms with Gasteiger partial charge in [-0.05, 0) is 53.3 Å². The minimum Gasteiger partial charge on any atom is -0.207 e. The van der Waals surface area contributed by atoms with Crippen LogP contribution in [0.3, 0.4) is 0 Å². The summed E-state index contributed by atoms with van der Waals surface area (Å²) in [5.74, 6) is -1.99. The molecule has 2 rings (SSSR count). The average molecular weight is 312 g/mol. The molecule has 0 nitrogen and oxygen atoms in total. The smallest absolute Gasteiger partial charge is 0.159 e. The maximum absolute atomic E-state index is 12.9. The van der Waals surface area contributed by atoms with E-state index in [1.54, 1.807) is 6.07 Å². The molecule has 0 atom stereocenters. The first-order valence-electron chi connectivity index (χ1n) is 7.12. The average Bonchev–Trinajstić information content (AvgIpc) is 2.44. The summed E-state index contributed by atoms with van der Waals surface area (Å²) in [6, 6.07) is 7.51. The van der Waals surface area contributed by atoms with E-state index in [0.717, 1.165) is 23.8 Å². The molecule has 0 spiro atoms. The van der Waals surface area contributed by atoms with Gasteiger partial charge in [-0.3, -0.25) is 0 Å². The zero-order valence-corrected chi connectivity index (χ0v) is 13.1. The van der Waals surface area contributed by atoms with Gasteiger partial charge >= 0.3 is 0 Å². The molecule has 0 N–H and O–H groups in total. The maximum Gasteiger partial charge on any atom is 0.159 e. The van der Waals surface area contributed by atoms with Crippen LogP contribution in [0.25, 0.3) is 0 Å². The zero-order chi connectivity index (χ0) is 16.9. The summed E-state index contributed by atoms with van der Waals surface area (Å²) < 4.78 is 50.3. The van der Waals surface area contributed by atoms with Crippen LogP contribution >= 0.6 is 0 Å². The molecule has 0 fully saturated rings. The van der Waals surface area contributed by atoms with E-state index >= 15 is 0 Å². The van der Waals surface area contributed by atoms with Gasteiger partial charge < -0.3 is 0 Å². The molecule has 4 heteroatoms. The Morgan fingerprint density at radius 3 is 1.68 bits per heavy atom. The van der Waals surface area contributed by atoms with Crippen molar-refractivity contribution in [1.82, 2.24) is 0 Å². The first-order valence-corrected chi connectivity index (χ1v) is 7.12. The van der Waals surface area contributed by atoms with Gasteiger partial charge in [0.05, 0.1) is 0 Å². The Morgan fingerprint density at radius 1 is 0.636 bits per heavy atom. The molecule has 0 unspecified atom stereocenters. The lowest BCUT2D eigenvalue weighted by atomic mass is 10.0. The van der Waals surface area contributed by atoms with Crippen LogP contribution < -0.4 is 0 Å². The van der Waals surface area contributed by atoms with Crippen LogP contribution in [0.2, 0.25) is 0 Å². The topological polar surface area (TPSA) is 0 Å². The van der Waals surface area contributed by atoms with Gasteiger partial charge in [0.2, 0.25) is 0 Å². The summed E-state index contributed by atoms with van der Waals surface area (Å²) in [5, 5.41) is 0. The highest BCUT2D eigenvalue weighted by molar-refractivity contribution is 5.21. The SMILES string of the molecule is CC(C)c1cc(F)ccc1F.CC(C)c1ccc(F)c(F)c1. The lowest BCUT2D eigenvalue weighted by Gasteiger charge is -2.05.